The molecule has 1 spiro atoms. The van der Waals surface area contributed by atoms with E-state index in [4.69, 9.17) is 16.3 Å². The standard InChI is InChI=1S/C18H23ClN2O3/c1-2-13-7-9-18(10-8-13)16(22)21(17(23)20-18)11-12-24-15-6-4-3-5-14(15)19/h3-6,13H,2,7-12H2,1H3,(H,20,23). The molecule has 0 bridgehead atoms. The molecule has 0 radical (unpaired) electrons. The Hall–Kier alpha value is -1.75. The van der Waals surface area contributed by atoms with Crippen LogP contribution in [-0.2, 0) is 4.79 Å². The van der Waals surface area contributed by atoms with E-state index >= 15 is 0 Å². The van der Waals surface area contributed by atoms with Gasteiger partial charge in [0.2, 0.25) is 0 Å². The molecule has 5 nitrogen and oxygen atoms in total. The number of carbonyl (C=O) groups excluding carboxylic acids is 2. The van der Waals surface area contributed by atoms with Crippen LogP contribution < -0.4 is 10.1 Å². The Morgan fingerprint density at radius 3 is 2.67 bits per heavy atom. The van der Waals surface area contributed by atoms with Crippen LogP contribution in [0.3, 0.4) is 0 Å². The number of rotatable bonds is 5. The number of para-hydroxylation sites is 1. The molecule has 1 N–H and O–H groups in total. The lowest BCUT2D eigenvalue weighted by molar-refractivity contribution is -0.133. The Balaban J connectivity index is 1.58. The van der Waals surface area contributed by atoms with Crippen molar-refractivity contribution in [3.63, 3.8) is 0 Å². The second-order valence-electron chi connectivity index (χ2n) is 6.60. The number of urea groups is 1. The summed E-state index contributed by atoms with van der Waals surface area (Å²) >= 11 is 6.04. The number of carbonyl (C=O) groups is 2. The number of hydrogen-bond acceptors (Lipinski definition) is 3. The van der Waals surface area contributed by atoms with Gasteiger partial charge in [0.1, 0.15) is 17.9 Å². The molecule has 0 unspecified atom stereocenters. The van der Waals surface area contributed by atoms with Crippen LogP contribution in [-0.4, -0.2) is 35.5 Å². The van der Waals surface area contributed by atoms with Crippen molar-refractivity contribution in [1.82, 2.24) is 10.2 Å². The third-order valence-corrected chi connectivity index (χ3v) is 5.50. The van der Waals surface area contributed by atoms with Gasteiger partial charge in [0.05, 0.1) is 11.6 Å². The lowest BCUT2D eigenvalue weighted by Gasteiger charge is -2.34. The molecule has 1 aliphatic carbocycles. The van der Waals surface area contributed by atoms with Gasteiger partial charge in [-0.15, -0.1) is 0 Å². The smallest absolute Gasteiger partial charge is 0.325 e. The van der Waals surface area contributed by atoms with Gasteiger partial charge in [0.25, 0.3) is 5.91 Å². The number of nitrogens with one attached hydrogen (secondary N) is 1. The summed E-state index contributed by atoms with van der Waals surface area (Å²) in [6.45, 7) is 2.64. The SMILES string of the molecule is CCC1CCC2(CC1)NC(=O)N(CCOc1ccccc1Cl)C2=O. The highest BCUT2D eigenvalue weighted by atomic mass is 35.5. The van der Waals surface area contributed by atoms with Gasteiger partial charge in [-0.05, 0) is 43.7 Å². The van der Waals surface area contributed by atoms with Gasteiger partial charge in [-0.2, -0.15) is 0 Å². The summed E-state index contributed by atoms with van der Waals surface area (Å²) in [7, 11) is 0. The summed E-state index contributed by atoms with van der Waals surface area (Å²) in [5, 5.41) is 3.45. The average molecular weight is 351 g/mol. The second-order valence-corrected chi connectivity index (χ2v) is 7.01. The number of amides is 3. The van der Waals surface area contributed by atoms with Crippen LogP contribution in [0.5, 0.6) is 5.75 Å². The molecule has 2 aliphatic rings. The minimum absolute atomic E-state index is 0.107. The molecule has 2 fully saturated rings. The number of halogens is 1. The van der Waals surface area contributed by atoms with Crippen molar-refractivity contribution >= 4 is 23.5 Å². The van der Waals surface area contributed by atoms with Crippen molar-refractivity contribution in [2.75, 3.05) is 13.2 Å². The summed E-state index contributed by atoms with van der Waals surface area (Å²) in [5.74, 6) is 1.12. The molecule has 1 aromatic carbocycles. The number of benzene rings is 1. The van der Waals surface area contributed by atoms with E-state index in [0.717, 1.165) is 32.1 Å². The van der Waals surface area contributed by atoms with Crippen molar-refractivity contribution in [3.05, 3.63) is 29.3 Å². The predicted molar refractivity (Wildman–Crippen MR) is 92.2 cm³/mol. The Labute approximate surface area is 147 Å². The van der Waals surface area contributed by atoms with Crippen molar-refractivity contribution < 1.29 is 14.3 Å². The maximum absolute atomic E-state index is 12.8. The predicted octanol–water partition coefficient (Wildman–Crippen LogP) is 3.61. The highest BCUT2D eigenvalue weighted by Gasteiger charge is 2.52. The first-order valence-corrected chi connectivity index (χ1v) is 8.95. The second kappa shape index (κ2) is 7.01. The van der Waals surface area contributed by atoms with E-state index in [0.29, 0.717) is 16.7 Å². The Morgan fingerprint density at radius 1 is 1.29 bits per heavy atom. The summed E-state index contributed by atoms with van der Waals surface area (Å²) in [5.41, 5.74) is -0.687. The van der Waals surface area contributed by atoms with Crippen molar-refractivity contribution in [2.45, 2.75) is 44.6 Å². The van der Waals surface area contributed by atoms with Crippen LogP contribution in [0.25, 0.3) is 0 Å². The molecular formula is C18H23ClN2O3. The van der Waals surface area contributed by atoms with E-state index in [9.17, 15) is 9.59 Å². The fourth-order valence-corrected chi connectivity index (χ4v) is 3.80. The number of imide groups is 1. The van der Waals surface area contributed by atoms with Crippen LogP contribution in [0, 0.1) is 5.92 Å². The zero-order valence-corrected chi connectivity index (χ0v) is 14.6. The van der Waals surface area contributed by atoms with Gasteiger partial charge < -0.3 is 10.1 Å². The van der Waals surface area contributed by atoms with E-state index in [1.54, 1.807) is 12.1 Å². The molecule has 1 aliphatic heterocycles. The minimum atomic E-state index is -0.687. The van der Waals surface area contributed by atoms with Crippen LogP contribution in [0.15, 0.2) is 24.3 Å². The molecule has 3 rings (SSSR count). The van der Waals surface area contributed by atoms with Crippen LogP contribution >= 0.6 is 11.6 Å². The van der Waals surface area contributed by atoms with Crippen LogP contribution in [0.1, 0.15) is 39.0 Å². The quantitative estimate of drug-likeness (QED) is 0.825. The first-order valence-electron chi connectivity index (χ1n) is 8.57. The molecule has 3 amide bonds. The van der Waals surface area contributed by atoms with Gasteiger partial charge in [-0.1, -0.05) is 37.1 Å². The topological polar surface area (TPSA) is 58.6 Å². The van der Waals surface area contributed by atoms with E-state index < -0.39 is 5.54 Å². The molecule has 0 aromatic heterocycles. The normalized spacial score (nSPS) is 26.8. The fourth-order valence-electron chi connectivity index (χ4n) is 3.61. The third kappa shape index (κ3) is 3.22. The Bertz CT molecular complexity index is 626. The van der Waals surface area contributed by atoms with Gasteiger partial charge in [0, 0.05) is 0 Å². The first-order chi connectivity index (χ1) is 11.6. The zero-order chi connectivity index (χ0) is 17.2. The minimum Gasteiger partial charge on any atom is -0.490 e. The van der Waals surface area contributed by atoms with E-state index in [1.165, 1.54) is 4.90 Å². The molecule has 0 atom stereocenters. The van der Waals surface area contributed by atoms with E-state index in [1.807, 2.05) is 12.1 Å². The van der Waals surface area contributed by atoms with Crippen LogP contribution in [0.4, 0.5) is 4.79 Å². The van der Waals surface area contributed by atoms with Crippen molar-refractivity contribution in [2.24, 2.45) is 5.92 Å². The van der Waals surface area contributed by atoms with Gasteiger partial charge in [-0.3, -0.25) is 9.69 Å². The lowest BCUT2D eigenvalue weighted by atomic mass is 9.75. The summed E-state index contributed by atoms with van der Waals surface area (Å²) in [6, 6.07) is 6.85. The third-order valence-electron chi connectivity index (χ3n) is 5.19. The average Bonchev–Trinajstić information content (AvgIpc) is 2.81. The van der Waals surface area contributed by atoms with Crippen LogP contribution in [0.2, 0.25) is 5.02 Å². The number of nitrogens with zero attached hydrogens (tertiary/aromatic N) is 1. The van der Waals surface area contributed by atoms with Gasteiger partial charge in [-0.25, -0.2) is 4.79 Å². The monoisotopic (exact) mass is 350 g/mol. The lowest BCUT2D eigenvalue weighted by Crippen LogP contribution is -2.49. The summed E-state index contributed by atoms with van der Waals surface area (Å²) in [4.78, 5) is 26.3. The maximum Gasteiger partial charge on any atom is 0.325 e. The largest absolute Gasteiger partial charge is 0.490 e. The van der Waals surface area contributed by atoms with E-state index in [-0.39, 0.29) is 25.1 Å². The maximum atomic E-state index is 12.8. The van der Waals surface area contributed by atoms with Gasteiger partial charge >= 0.3 is 6.03 Å². The highest BCUT2D eigenvalue weighted by Crippen LogP contribution is 2.37. The molecule has 130 valence electrons. The van der Waals surface area contributed by atoms with Gasteiger partial charge in [0.15, 0.2) is 0 Å². The van der Waals surface area contributed by atoms with Crippen molar-refractivity contribution in [3.8, 4) is 5.75 Å². The summed E-state index contributed by atoms with van der Waals surface area (Å²) in [6.07, 6.45) is 4.59. The Kier molecular flexibility index (Phi) is 4.99. The summed E-state index contributed by atoms with van der Waals surface area (Å²) < 4.78 is 5.60. The highest BCUT2D eigenvalue weighted by molar-refractivity contribution is 6.32. The molecular weight excluding hydrogens is 328 g/mol. The Morgan fingerprint density at radius 2 is 2.00 bits per heavy atom. The molecule has 24 heavy (non-hydrogen) atoms. The molecule has 1 saturated heterocycles. The fraction of sp³-hybridized carbons (Fsp3) is 0.556. The molecule has 1 saturated carbocycles. The molecule has 1 heterocycles. The van der Waals surface area contributed by atoms with Crippen molar-refractivity contribution in [1.29, 1.82) is 0 Å². The first kappa shape index (κ1) is 17.1. The molecule has 1 aromatic rings. The number of ether oxygens (including phenoxy) is 1. The molecule has 6 heteroatoms. The zero-order valence-electron chi connectivity index (χ0n) is 13.9. The number of hydrogen-bond donors (Lipinski definition) is 1. The van der Waals surface area contributed by atoms with E-state index in [2.05, 4.69) is 12.2 Å².